The first-order chi connectivity index (χ1) is 10.5. The molecule has 3 atom stereocenters. The zero-order valence-electron chi connectivity index (χ0n) is 14.4. The second-order valence-electron chi connectivity index (χ2n) is 6.25. The molecule has 2 aromatic rings. The normalized spacial score (nSPS) is 22.9. The number of nitrogens with zero attached hydrogens (tertiary/aromatic N) is 1. The van der Waals surface area contributed by atoms with Gasteiger partial charge in [-0.05, 0) is 42.5 Å². The van der Waals surface area contributed by atoms with Gasteiger partial charge in [-0.15, -0.1) is 0 Å². The van der Waals surface area contributed by atoms with Gasteiger partial charge in [-0.2, -0.15) is 0 Å². The molecular weight excluding hydrogens is 254 g/mol. The van der Waals surface area contributed by atoms with E-state index in [-0.39, 0.29) is 0 Å². The molecule has 1 nitrogen and oxygen atoms in total. The number of hydrogen-bond donors (Lipinski definition) is 0. The zero-order valence-corrected chi connectivity index (χ0v) is 13.4. The monoisotopic (exact) mass is 281 g/mol. The van der Waals surface area contributed by atoms with Gasteiger partial charge in [0.05, 0.1) is 1.37 Å². The van der Waals surface area contributed by atoms with Crippen LogP contribution in [0.25, 0.3) is 0 Å². The number of rotatable bonds is 3. The van der Waals surface area contributed by atoms with Crippen molar-refractivity contribution in [3.05, 3.63) is 59.6 Å². The maximum atomic E-state index is 7.91. The van der Waals surface area contributed by atoms with Crippen molar-refractivity contribution >= 4 is 11.4 Å². The van der Waals surface area contributed by atoms with Crippen LogP contribution in [0.15, 0.2) is 48.5 Å². The van der Waals surface area contributed by atoms with Crippen LogP contribution in [-0.2, 0) is 0 Å². The SMILES string of the molecule is [3H]c1ccc2c(c1)[C@H](C)[C@H](C)N2c1ccccc1[C@H](C)CC. The maximum absolute atomic E-state index is 7.91. The molecule has 0 saturated heterocycles. The molecule has 2 aromatic carbocycles. The highest BCUT2D eigenvalue weighted by molar-refractivity contribution is 5.74. The first-order valence-corrected chi connectivity index (χ1v) is 8.03. The lowest BCUT2D eigenvalue weighted by Crippen LogP contribution is -2.27. The summed E-state index contributed by atoms with van der Waals surface area (Å²) >= 11 is 0. The number of benzene rings is 2. The Morgan fingerprint density at radius 3 is 2.57 bits per heavy atom. The van der Waals surface area contributed by atoms with Crippen molar-refractivity contribution in [2.24, 2.45) is 0 Å². The number of hydrogen-bond acceptors (Lipinski definition) is 1. The molecule has 0 amide bonds. The molecule has 1 aliphatic rings. The second kappa shape index (κ2) is 5.55. The standard InChI is InChI=1S/C20H25N/c1-5-14(2)17-10-6-8-12-19(17)21-16(4)15(3)18-11-7-9-13-20(18)21/h6-16H,5H2,1-4H3/t14-,15-,16+/m1/s1/i7T. The number of para-hydroxylation sites is 2. The van der Waals surface area contributed by atoms with Crippen molar-refractivity contribution in [1.82, 2.24) is 0 Å². The van der Waals surface area contributed by atoms with Crippen molar-refractivity contribution in [1.29, 1.82) is 0 Å². The van der Waals surface area contributed by atoms with Crippen molar-refractivity contribution in [3.63, 3.8) is 0 Å². The molecular formula is C20H25N. The topological polar surface area (TPSA) is 3.24 Å². The third-order valence-corrected chi connectivity index (χ3v) is 5.09. The van der Waals surface area contributed by atoms with Gasteiger partial charge < -0.3 is 4.90 Å². The van der Waals surface area contributed by atoms with Crippen LogP contribution in [0, 0.1) is 0 Å². The fourth-order valence-electron chi connectivity index (χ4n) is 3.41. The largest absolute Gasteiger partial charge is 0.338 e. The summed E-state index contributed by atoms with van der Waals surface area (Å²) in [6, 6.07) is 15.9. The van der Waals surface area contributed by atoms with Gasteiger partial charge in [-0.25, -0.2) is 0 Å². The lowest BCUT2D eigenvalue weighted by atomic mass is 9.95. The summed E-state index contributed by atoms with van der Waals surface area (Å²) in [5.74, 6) is 1.00. The Balaban J connectivity index is 2.14. The number of fused-ring (bicyclic) bond motifs is 1. The summed E-state index contributed by atoms with van der Waals surface area (Å²) in [5, 5.41) is 0. The van der Waals surface area contributed by atoms with E-state index >= 15 is 0 Å². The van der Waals surface area contributed by atoms with Gasteiger partial charge in [0.25, 0.3) is 0 Å². The van der Waals surface area contributed by atoms with E-state index in [0.29, 0.717) is 23.9 Å². The molecule has 1 heteroatoms. The molecule has 0 spiro atoms. The van der Waals surface area contributed by atoms with Crippen molar-refractivity contribution in [3.8, 4) is 0 Å². The third kappa shape index (κ3) is 2.25. The van der Waals surface area contributed by atoms with Crippen LogP contribution >= 0.6 is 0 Å². The molecule has 0 aliphatic carbocycles. The van der Waals surface area contributed by atoms with Gasteiger partial charge in [0.15, 0.2) is 0 Å². The minimum absolute atomic E-state index is 0.419. The van der Waals surface area contributed by atoms with Gasteiger partial charge in [-0.3, -0.25) is 0 Å². The van der Waals surface area contributed by atoms with Crippen molar-refractivity contribution in [2.45, 2.75) is 52.0 Å². The van der Waals surface area contributed by atoms with Crippen LogP contribution in [0.3, 0.4) is 0 Å². The van der Waals surface area contributed by atoms with Gasteiger partial charge in [0, 0.05) is 23.3 Å². The Hall–Kier alpha value is -1.76. The Labute approximate surface area is 130 Å². The van der Waals surface area contributed by atoms with E-state index < -0.39 is 0 Å². The highest BCUT2D eigenvalue weighted by Crippen LogP contribution is 2.46. The molecule has 3 rings (SSSR count). The summed E-state index contributed by atoms with van der Waals surface area (Å²) in [5.41, 5.74) is 5.32. The van der Waals surface area contributed by atoms with E-state index in [9.17, 15) is 0 Å². The Kier molecular flexibility index (Phi) is 3.42. The van der Waals surface area contributed by atoms with Crippen LogP contribution in [0.2, 0.25) is 0 Å². The van der Waals surface area contributed by atoms with E-state index in [1.807, 2.05) is 12.1 Å². The molecule has 0 N–H and O–H groups in total. The first-order valence-electron chi connectivity index (χ1n) is 8.53. The highest BCUT2D eigenvalue weighted by Gasteiger charge is 2.34. The van der Waals surface area contributed by atoms with Crippen molar-refractivity contribution < 1.29 is 1.37 Å². The fraction of sp³-hybridized carbons (Fsp3) is 0.400. The van der Waals surface area contributed by atoms with Crippen LogP contribution in [0.1, 0.15) is 58.4 Å². The van der Waals surface area contributed by atoms with E-state index in [1.54, 1.807) is 0 Å². The smallest absolute Gasteiger partial charge is 0.0623 e. The van der Waals surface area contributed by atoms with Gasteiger partial charge >= 0.3 is 0 Å². The molecule has 110 valence electrons. The summed E-state index contributed by atoms with van der Waals surface area (Å²) in [6.07, 6.45) is 1.15. The minimum Gasteiger partial charge on any atom is -0.338 e. The zero-order chi connectivity index (χ0) is 15.9. The third-order valence-electron chi connectivity index (χ3n) is 5.09. The van der Waals surface area contributed by atoms with Crippen LogP contribution < -0.4 is 4.90 Å². The summed E-state index contributed by atoms with van der Waals surface area (Å²) in [7, 11) is 0. The maximum Gasteiger partial charge on any atom is 0.0623 e. The predicted molar refractivity (Wildman–Crippen MR) is 91.6 cm³/mol. The molecule has 0 saturated carbocycles. The molecule has 0 bridgehead atoms. The van der Waals surface area contributed by atoms with Crippen molar-refractivity contribution in [2.75, 3.05) is 4.90 Å². The summed E-state index contributed by atoms with van der Waals surface area (Å²) < 4.78 is 7.91. The summed E-state index contributed by atoms with van der Waals surface area (Å²) in [4.78, 5) is 2.47. The predicted octanol–water partition coefficient (Wildman–Crippen LogP) is 5.84. The molecule has 0 unspecified atom stereocenters. The van der Waals surface area contributed by atoms with E-state index in [4.69, 9.17) is 1.37 Å². The quantitative estimate of drug-likeness (QED) is 0.682. The van der Waals surface area contributed by atoms with E-state index in [2.05, 4.69) is 62.9 Å². The second-order valence-corrected chi connectivity index (χ2v) is 6.25. The molecule has 21 heavy (non-hydrogen) atoms. The molecule has 1 heterocycles. The van der Waals surface area contributed by atoms with Gasteiger partial charge in [0.1, 0.15) is 0 Å². The van der Waals surface area contributed by atoms with Crippen LogP contribution in [0.4, 0.5) is 11.4 Å². The minimum atomic E-state index is 0.419. The molecule has 1 aliphatic heterocycles. The van der Waals surface area contributed by atoms with Crippen LogP contribution in [0.5, 0.6) is 0 Å². The van der Waals surface area contributed by atoms with Crippen LogP contribution in [-0.4, -0.2) is 6.04 Å². The van der Waals surface area contributed by atoms with Gasteiger partial charge in [-0.1, -0.05) is 57.1 Å². The lowest BCUT2D eigenvalue weighted by molar-refractivity contribution is 0.636. The van der Waals surface area contributed by atoms with Gasteiger partial charge in [0.2, 0.25) is 0 Å². The molecule has 0 fully saturated rings. The molecule has 0 radical (unpaired) electrons. The number of anilines is 2. The molecule has 0 aromatic heterocycles. The average molecular weight is 281 g/mol. The lowest BCUT2D eigenvalue weighted by Gasteiger charge is -2.30. The fourth-order valence-corrected chi connectivity index (χ4v) is 3.41. The summed E-state index contributed by atoms with van der Waals surface area (Å²) in [6.45, 7) is 9.12. The van der Waals surface area contributed by atoms with E-state index in [1.165, 1.54) is 22.5 Å². The first kappa shape index (κ1) is 12.9. The Morgan fingerprint density at radius 1 is 1.10 bits per heavy atom. The highest BCUT2D eigenvalue weighted by atomic mass is 15.2. The van der Waals surface area contributed by atoms with E-state index in [0.717, 1.165) is 6.42 Å². The average Bonchev–Trinajstić information content (AvgIpc) is 2.78. The Morgan fingerprint density at radius 2 is 1.81 bits per heavy atom. The Bertz CT molecular complexity index is 679.